The third-order valence-corrected chi connectivity index (χ3v) is 11.5. The first-order valence-corrected chi connectivity index (χ1v) is 14.6. The van der Waals surface area contributed by atoms with Crippen LogP contribution in [-0.4, -0.2) is 85.6 Å². The number of amides is 2. The highest BCUT2D eigenvalue weighted by Gasteiger charge is 2.53. The van der Waals surface area contributed by atoms with Gasteiger partial charge in [-0.1, -0.05) is 38.0 Å². The first-order chi connectivity index (χ1) is 16.4. The average molecular weight is 507 g/mol. The van der Waals surface area contributed by atoms with Crippen molar-refractivity contribution >= 4 is 20.1 Å². The van der Waals surface area contributed by atoms with Crippen molar-refractivity contribution in [3.8, 4) is 0 Å². The number of hydrogen-bond donors (Lipinski definition) is 2. The Morgan fingerprint density at radius 1 is 1.14 bits per heavy atom. The number of hydrogen-bond acceptors (Lipinski definition) is 8. The van der Waals surface area contributed by atoms with Crippen LogP contribution in [-0.2, 0) is 13.9 Å². The molecule has 12 heteroatoms. The monoisotopic (exact) mass is 506 g/mol. The van der Waals surface area contributed by atoms with E-state index in [0.717, 1.165) is 4.90 Å². The topological polar surface area (TPSA) is 154 Å². The van der Waals surface area contributed by atoms with E-state index in [1.165, 1.54) is 12.1 Å². The minimum atomic E-state index is -2.19. The summed E-state index contributed by atoms with van der Waals surface area (Å²) in [6.45, 7) is 10.7. The third-order valence-electron chi connectivity index (χ3n) is 6.95. The molecule has 2 N–H and O–H groups in total. The molecule has 2 amide bonds. The van der Waals surface area contributed by atoms with Crippen molar-refractivity contribution in [2.24, 2.45) is 5.11 Å². The summed E-state index contributed by atoms with van der Waals surface area (Å²) in [5, 5.41) is 25.4. The smallest absolute Gasteiger partial charge is 0.262 e. The van der Waals surface area contributed by atoms with Gasteiger partial charge in [0.05, 0.1) is 17.7 Å². The highest BCUT2D eigenvalue weighted by atomic mass is 28.4. The third kappa shape index (κ3) is 5.59. The summed E-state index contributed by atoms with van der Waals surface area (Å²) in [6.07, 6.45) is -4.73. The van der Waals surface area contributed by atoms with E-state index < -0.39 is 50.8 Å². The van der Waals surface area contributed by atoms with Crippen LogP contribution in [0.5, 0.6) is 0 Å². The number of fused-ring (bicyclic) bond motifs is 1. The molecular formula is C23H34N4O7Si. The van der Waals surface area contributed by atoms with E-state index >= 15 is 0 Å². The van der Waals surface area contributed by atoms with Crippen LogP contribution in [0.3, 0.4) is 0 Å². The molecule has 35 heavy (non-hydrogen) atoms. The van der Waals surface area contributed by atoms with Gasteiger partial charge >= 0.3 is 0 Å². The molecule has 2 heterocycles. The van der Waals surface area contributed by atoms with Crippen molar-refractivity contribution in [1.82, 2.24) is 4.90 Å². The maximum Gasteiger partial charge on any atom is 0.262 e. The van der Waals surface area contributed by atoms with Crippen LogP contribution in [0.15, 0.2) is 29.4 Å². The molecule has 0 bridgehead atoms. The molecule has 0 radical (unpaired) electrons. The van der Waals surface area contributed by atoms with Gasteiger partial charge in [-0.15, -0.1) is 0 Å². The Kier molecular flexibility index (Phi) is 8.38. The molecular weight excluding hydrogens is 472 g/mol. The van der Waals surface area contributed by atoms with Crippen LogP contribution in [0.1, 0.15) is 47.9 Å². The molecule has 2 aliphatic rings. The van der Waals surface area contributed by atoms with Crippen LogP contribution in [0.2, 0.25) is 18.1 Å². The zero-order valence-corrected chi connectivity index (χ0v) is 21.7. The van der Waals surface area contributed by atoms with E-state index in [4.69, 9.17) is 19.4 Å². The first kappa shape index (κ1) is 27.3. The van der Waals surface area contributed by atoms with E-state index in [1.807, 2.05) is 0 Å². The van der Waals surface area contributed by atoms with Crippen LogP contribution >= 0.6 is 0 Å². The highest BCUT2D eigenvalue weighted by Crippen LogP contribution is 2.38. The standard InChI is InChI=1S/C23H34N4O7Si/c1-23(2,3)35(4,5)33-13-16-18(28)19(29)17(22(34-16)32-12-8-11-25-26-24)27-20(30)14-9-6-7-10-15(14)21(27)31/h6-7,9-10,16-19,22,28-29H,8,11-13H2,1-5H3/t16-,17-,18-,19-,22-/m1/s1. The molecule has 3 rings (SSSR count). The minimum Gasteiger partial charge on any atom is -0.414 e. The van der Waals surface area contributed by atoms with Crippen LogP contribution in [0.4, 0.5) is 0 Å². The van der Waals surface area contributed by atoms with Crippen LogP contribution in [0, 0.1) is 0 Å². The molecule has 1 aromatic carbocycles. The van der Waals surface area contributed by atoms with Gasteiger partial charge in [0.2, 0.25) is 0 Å². The number of aliphatic hydroxyl groups is 2. The average Bonchev–Trinajstić information content (AvgIpc) is 3.05. The summed E-state index contributed by atoms with van der Waals surface area (Å²) in [5.41, 5.74) is 8.89. The normalized spacial score (nSPS) is 27.1. The van der Waals surface area contributed by atoms with E-state index in [1.54, 1.807) is 12.1 Å². The summed E-state index contributed by atoms with van der Waals surface area (Å²) in [5.74, 6) is -1.19. The lowest BCUT2D eigenvalue weighted by Gasteiger charge is -2.46. The van der Waals surface area contributed by atoms with Gasteiger partial charge in [0.15, 0.2) is 14.6 Å². The van der Waals surface area contributed by atoms with Gasteiger partial charge in [0.1, 0.15) is 24.4 Å². The Morgan fingerprint density at radius 2 is 1.74 bits per heavy atom. The molecule has 0 unspecified atom stereocenters. The number of carbonyl (C=O) groups excluding carboxylic acids is 2. The Morgan fingerprint density at radius 3 is 2.29 bits per heavy atom. The number of aliphatic hydroxyl groups excluding tert-OH is 2. The number of ether oxygens (including phenoxy) is 2. The van der Waals surface area contributed by atoms with Crippen LogP contribution in [0.25, 0.3) is 10.4 Å². The Balaban J connectivity index is 1.84. The maximum absolute atomic E-state index is 13.1. The Hall–Kier alpha value is -2.31. The van der Waals surface area contributed by atoms with Gasteiger partial charge in [-0.05, 0) is 42.2 Å². The SMILES string of the molecule is CC(C)(C)[Si](C)(C)OC[C@H]1O[C@@H](OCCCN=[N+]=[N-])[C@H](N2C(=O)c3ccccc3C2=O)[C@@H](O)[C@@H]1O. The zero-order valence-electron chi connectivity index (χ0n) is 20.7. The lowest BCUT2D eigenvalue weighted by Crippen LogP contribution is -2.66. The quantitative estimate of drug-likeness (QED) is 0.130. The first-order valence-electron chi connectivity index (χ1n) is 11.7. The van der Waals surface area contributed by atoms with Gasteiger partial charge < -0.3 is 24.1 Å². The summed E-state index contributed by atoms with van der Waals surface area (Å²) in [6, 6.07) is 5.09. The number of nitrogens with zero attached hydrogens (tertiary/aromatic N) is 4. The second-order valence-electron chi connectivity index (χ2n) is 10.3. The van der Waals surface area contributed by atoms with Crippen molar-refractivity contribution in [2.75, 3.05) is 19.8 Å². The largest absolute Gasteiger partial charge is 0.414 e. The van der Waals surface area contributed by atoms with Crippen molar-refractivity contribution in [2.45, 2.75) is 76.0 Å². The number of benzene rings is 1. The van der Waals surface area contributed by atoms with E-state index in [9.17, 15) is 19.8 Å². The molecule has 192 valence electrons. The molecule has 0 spiro atoms. The summed E-state index contributed by atoms with van der Waals surface area (Å²) in [7, 11) is -2.19. The lowest BCUT2D eigenvalue weighted by atomic mass is 9.95. The zero-order chi connectivity index (χ0) is 26.0. The van der Waals surface area contributed by atoms with E-state index in [-0.39, 0.29) is 35.9 Å². The summed E-state index contributed by atoms with van der Waals surface area (Å²) < 4.78 is 18.0. The van der Waals surface area contributed by atoms with Crippen LogP contribution < -0.4 is 0 Å². The Bertz CT molecular complexity index is 957. The second kappa shape index (κ2) is 10.7. The molecule has 0 aliphatic carbocycles. The van der Waals surface area contributed by atoms with Gasteiger partial charge in [0, 0.05) is 18.1 Å². The van der Waals surface area contributed by atoms with Gasteiger partial charge in [-0.25, -0.2) is 0 Å². The molecule has 0 saturated carbocycles. The predicted octanol–water partition coefficient (Wildman–Crippen LogP) is 2.84. The number of rotatable bonds is 9. The molecule has 5 atom stereocenters. The summed E-state index contributed by atoms with van der Waals surface area (Å²) >= 11 is 0. The molecule has 0 aromatic heterocycles. The highest BCUT2D eigenvalue weighted by molar-refractivity contribution is 6.74. The van der Waals surface area contributed by atoms with Gasteiger partial charge in [-0.2, -0.15) is 0 Å². The fourth-order valence-electron chi connectivity index (χ4n) is 3.83. The number of carbonyl (C=O) groups is 2. The predicted molar refractivity (Wildman–Crippen MR) is 129 cm³/mol. The number of imide groups is 1. The van der Waals surface area contributed by atoms with Crippen molar-refractivity contribution in [3.05, 3.63) is 45.8 Å². The second-order valence-corrected chi connectivity index (χ2v) is 15.1. The van der Waals surface area contributed by atoms with Crippen molar-refractivity contribution in [3.63, 3.8) is 0 Å². The fraction of sp³-hybridized carbons (Fsp3) is 0.652. The molecule has 11 nitrogen and oxygen atoms in total. The van der Waals surface area contributed by atoms with Gasteiger partial charge in [0.25, 0.3) is 11.8 Å². The molecule has 1 aromatic rings. The lowest BCUT2D eigenvalue weighted by molar-refractivity contribution is -0.278. The van der Waals surface area contributed by atoms with E-state index in [0.29, 0.717) is 6.42 Å². The molecule has 2 aliphatic heterocycles. The van der Waals surface area contributed by atoms with Crippen molar-refractivity contribution < 1.29 is 33.7 Å². The van der Waals surface area contributed by atoms with E-state index in [2.05, 4.69) is 43.9 Å². The van der Waals surface area contributed by atoms with Gasteiger partial charge in [-0.3, -0.25) is 14.5 Å². The fourth-order valence-corrected chi connectivity index (χ4v) is 4.85. The molecule has 1 fully saturated rings. The maximum atomic E-state index is 13.1. The number of azide groups is 1. The molecule has 1 saturated heterocycles. The Labute approximate surface area is 205 Å². The van der Waals surface area contributed by atoms with Crippen molar-refractivity contribution in [1.29, 1.82) is 0 Å². The minimum absolute atomic E-state index is 0.0160. The summed E-state index contributed by atoms with van der Waals surface area (Å²) in [4.78, 5) is 29.8.